The Balaban J connectivity index is 1.69. The van der Waals surface area contributed by atoms with Gasteiger partial charge in [-0.3, -0.25) is 4.79 Å². The van der Waals surface area contributed by atoms with Crippen molar-refractivity contribution in [2.45, 2.75) is 71.3 Å². The first-order valence-corrected chi connectivity index (χ1v) is 8.86. The highest BCUT2D eigenvalue weighted by atomic mass is 16.3. The summed E-state index contributed by atoms with van der Waals surface area (Å²) < 4.78 is 0. The van der Waals surface area contributed by atoms with Crippen molar-refractivity contribution < 1.29 is 9.90 Å². The lowest BCUT2D eigenvalue weighted by molar-refractivity contribution is -0.132. The third kappa shape index (κ3) is 1.78. The van der Waals surface area contributed by atoms with Crippen molar-refractivity contribution >= 4 is 5.78 Å². The van der Waals surface area contributed by atoms with Gasteiger partial charge in [0.15, 0.2) is 0 Å². The summed E-state index contributed by atoms with van der Waals surface area (Å²) in [5.74, 6) is 2.60. The maximum Gasteiger partial charge on any atom is 0.139 e. The van der Waals surface area contributed by atoms with Crippen LogP contribution in [0.25, 0.3) is 0 Å². The molecular weight excluding hydrogens is 260 g/mol. The van der Waals surface area contributed by atoms with E-state index in [2.05, 4.69) is 19.9 Å². The highest BCUT2D eigenvalue weighted by molar-refractivity contribution is 5.87. The van der Waals surface area contributed by atoms with Crippen LogP contribution < -0.4 is 0 Å². The molecule has 21 heavy (non-hydrogen) atoms. The second kappa shape index (κ2) is 4.44. The molecule has 0 aliphatic heterocycles. The van der Waals surface area contributed by atoms with Gasteiger partial charge in [-0.1, -0.05) is 25.5 Å². The lowest BCUT2D eigenvalue weighted by Gasteiger charge is -2.56. The molecule has 3 fully saturated rings. The molecule has 2 nitrogen and oxygen atoms in total. The molecular formula is C19H28O2. The molecule has 116 valence electrons. The molecule has 1 N–H and O–H groups in total. The van der Waals surface area contributed by atoms with Gasteiger partial charge in [0.2, 0.25) is 0 Å². The van der Waals surface area contributed by atoms with Crippen LogP contribution in [0.5, 0.6) is 0 Å². The second-order valence-electron chi connectivity index (χ2n) is 8.57. The van der Waals surface area contributed by atoms with Crippen LogP contribution >= 0.6 is 0 Å². The molecule has 0 amide bonds. The Morgan fingerprint density at radius 1 is 1.10 bits per heavy atom. The Hall–Kier alpha value is -0.630. The SMILES string of the molecule is C[C@@]12CC[C@H]3[C@@H](CC=C4C[C@H](O)CC[C@]43C)[C@@H]1CCC2=O. The molecule has 2 heteroatoms. The average Bonchev–Trinajstić information content (AvgIpc) is 2.76. The first-order chi connectivity index (χ1) is 9.95. The van der Waals surface area contributed by atoms with Crippen molar-refractivity contribution in [1.82, 2.24) is 0 Å². The molecule has 0 aromatic rings. The van der Waals surface area contributed by atoms with Crippen molar-refractivity contribution in [3.05, 3.63) is 11.6 Å². The van der Waals surface area contributed by atoms with Gasteiger partial charge in [0, 0.05) is 11.8 Å². The third-order valence-corrected chi connectivity index (χ3v) is 7.79. The Morgan fingerprint density at radius 3 is 2.62 bits per heavy atom. The van der Waals surface area contributed by atoms with Crippen molar-refractivity contribution in [2.24, 2.45) is 28.6 Å². The van der Waals surface area contributed by atoms with Crippen LogP contribution in [-0.4, -0.2) is 17.0 Å². The number of rotatable bonds is 0. The van der Waals surface area contributed by atoms with Gasteiger partial charge in [-0.05, 0) is 68.1 Å². The highest BCUT2D eigenvalue weighted by Gasteiger charge is 2.58. The molecule has 4 rings (SSSR count). The fraction of sp³-hybridized carbons (Fsp3) is 0.842. The number of Topliss-reactive ketones (excluding diaryl/α,β-unsaturated/α-hetero) is 1. The second-order valence-corrected chi connectivity index (χ2v) is 8.57. The molecule has 0 saturated heterocycles. The van der Waals surface area contributed by atoms with E-state index in [1.54, 1.807) is 0 Å². The first kappa shape index (κ1) is 14.0. The third-order valence-electron chi connectivity index (χ3n) is 7.79. The van der Waals surface area contributed by atoms with Crippen LogP contribution in [0.1, 0.15) is 65.2 Å². The Labute approximate surface area is 128 Å². The van der Waals surface area contributed by atoms with E-state index in [0.29, 0.717) is 23.0 Å². The molecule has 4 aliphatic carbocycles. The van der Waals surface area contributed by atoms with Crippen molar-refractivity contribution in [2.75, 3.05) is 0 Å². The van der Waals surface area contributed by atoms with Crippen LogP contribution in [0, 0.1) is 28.6 Å². The Kier molecular flexibility index (Phi) is 2.96. The summed E-state index contributed by atoms with van der Waals surface area (Å²) in [6.45, 7) is 4.69. The number of fused-ring (bicyclic) bond motifs is 5. The van der Waals surface area contributed by atoms with Crippen LogP contribution in [0.3, 0.4) is 0 Å². The van der Waals surface area contributed by atoms with E-state index in [4.69, 9.17) is 0 Å². The minimum atomic E-state index is -0.122. The molecule has 0 bridgehead atoms. The average molecular weight is 288 g/mol. The van der Waals surface area contributed by atoms with Gasteiger partial charge >= 0.3 is 0 Å². The lowest BCUT2D eigenvalue weighted by Crippen LogP contribution is -2.50. The van der Waals surface area contributed by atoms with Crippen LogP contribution in [0.2, 0.25) is 0 Å². The molecule has 0 radical (unpaired) electrons. The number of aliphatic hydroxyl groups is 1. The van der Waals surface area contributed by atoms with E-state index in [1.807, 2.05) is 0 Å². The van der Waals surface area contributed by atoms with Gasteiger partial charge in [0.25, 0.3) is 0 Å². The number of allylic oxidation sites excluding steroid dienone is 1. The minimum absolute atomic E-state index is 0.0168. The van der Waals surface area contributed by atoms with E-state index in [-0.39, 0.29) is 11.5 Å². The molecule has 0 aromatic carbocycles. The minimum Gasteiger partial charge on any atom is -0.393 e. The number of carbonyl (C=O) groups is 1. The van der Waals surface area contributed by atoms with Gasteiger partial charge in [0.1, 0.15) is 5.78 Å². The number of ketones is 1. The molecule has 0 aromatic heterocycles. The van der Waals surface area contributed by atoms with E-state index in [9.17, 15) is 9.90 Å². The number of hydrogen-bond donors (Lipinski definition) is 1. The number of aliphatic hydroxyl groups excluding tert-OH is 1. The first-order valence-electron chi connectivity index (χ1n) is 8.86. The van der Waals surface area contributed by atoms with Gasteiger partial charge in [-0.2, -0.15) is 0 Å². The predicted molar refractivity (Wildman–Crippen MR) is 82.7 cm³/mol. The number of hydrogen-bond acceptors (Lipinski definition) is 2. The van der Waals surface area contributed by atoms with E-state index >= 15 is 0 Å². The Bertz CT molecular complexity index is 508. The monoisotopic (exact) mass is 288 g/mol. The van der Waals surface area contributed by atoms with Crippen molar-refractivity contribution in [1.29, 1.82) is 0 Å². The summed E-state index contributed by atoms with van der Waals surface area (Å²) >= 11 is 0. The van der Waals surface area contributed by atoms with Crippen LogP contribution in [0.15, 0.2) is 11.6 Å². The highest BCUT2D eigenvalue weighted by Crippen LogP contribution is 2.63. The number of carbonyl (C=O) groups excluding carboxylic acids is 1. The van der Waals surface area contributed by atoms with Gasteiger partial charge < -0.3 is 5.11 Å². The standard InChI is InChI=1S/C19H28O2/c1-18-9-7-13(20)11-12(18)3-4-14-15-5-6-17(21)19(15,2)10-8-16(14)18/h3,13-16,20H,4-11H2,1-2H3/t13-,14+,15+,16+,18-,19-/m1/s1. The molecule has 0 heterocycles. The van der Waals surface area contributed by atoms with Gasteiger partial charge in [-0.25, -0.2) is 0 Å². The zero-order chi connectivity index (χ0) is 14.8. The molecule has 0 spiro atoms. The van der Waals surface area contributed by atoms with Crippen LogP contribution in [0.4, 0.5) is 0 Å². The molecule has 0 unspecified atom stereocenters. The fourth-order valence-electron chi connectivity index (χ4n) is 6.41. The molecule has 3 saturated carbocycles. The zero-order valence-electron chi connectivity index (χ0n) is 13.4. The predicted octanol–water partition coefficient (Wildman–Crippen LogP) is 3.88. The smallest absolute Gasteiger partial charge is 0.139 e. The summed E-state index contributed by atoms with van der Waals surface area (Å²) in [5, 5.41) is 10.00. The van der Waals surface area contributed by atoms with Gasteiger partial charge in [-0.15, -0.1) is 0 Å². The topological polar surface area (TPSA) is 37.3 Å². The molecule has 4 aliphatic rings. The van der Waals surface area contributed by atoms with E-state index in [1.165, 1.54) is 12.0 Å². The summed E-state index contributed by atoms with van der Waals surface area (Å²) in [5.41, 5.74) is 1.81. The summed E-state index contributed by atoms with van der Waals surface area (Å²) in [6.07, 6.45) is 10.7. The zero-order valence-corrected chi connectivity index (χ0v) is 13.4. The van der Waals surface area contributed by atoms with E-state index < -0.39 is 0 Å². The van der Waals surface area contributed by atoms with Crippen molar-refractivity contribution in [3.8, 4) is 0 Å². The van der Waals surface area contributed by atoms with Crippen LogP contribution in [-0.2, 0) is 4.79 Å². The molecule has 6 atom stereocenters. The maximum atomic E-state index is 12.4. The normalized spacial score (nSPS) is 52.7. The Morgan fingerprint density at radius 2 is 1.81 bits per heavy atom. The largest absolute Gasteiger partial charge is 0.393 e. The van der Waals surface area contributed by atoms with E-state index in [0.717, 1.165) is 50.9 Å². The summed E-state index contributed by atoms with van der Waals surface area (Å²) in [6, 6.07) is 0. The van der Waals surface area contributed by atoms with Gasteiger partial charge in [0.05, 0.1) is 6.10 Å². The quantitative estimate of drug-likeness (QED) is 0.687. The van der Waals surface area contributed by atoms with Crippen molar-refractivity contribution in [3.63, 3.8) is 0 Å². The summed E-state index contributed by atoms with van der Waals surface area (Å²) in [7, 11) is 0. The maximum absolute atomic E-state index is 12.4. The fourth-order valence-corrected chi connectivity index (χ4v) is 6.41. The summed E-state index contributed by atoms with van der Waals surface area (Å²) in [4.78, 5) is 12.4. The lowest BCUT2D eigenvalue weighted by atomic mass is 9.48.